The third-order valence-corrected chi connectivity index (χ3v) is 5.64. The molecule has 1 spiro atoms. The van der Waals surface area contributed by atoms with Crippen LogP contribution in [0.15, 0.2) is 90.0 Å². The second-order valence-corrected chi connectivity index (χ2v) is 7.64. The van der Waals surface area contributed by atoms with E-state index in [9.17, 15) is 4.79 Å². The highest BCUT2D eigenvalue weighted by molar-refractivity contribution is 5.81. The van der Waals surface area contributed by atoms with E-state index in [2.05, 4.69) is 27.0 Å². The van der Waals surface area contributed by atoms with Crippen LogP contribution in [0.25, 0.3) is 6.20 Å². The molecule has 3 rings (SSSR count). The third-order valence-electron chi connectivity index (χ3n) is 5.64. The molecule has 32 heavy (non-hydrogen) atoms. The van der Waals surface area contributed by atoms with E-state index in [1.807, 2.05) is 85.1 Å². The van der Waals surface area contributed by atoms with E-state index in [1.54, 1.807) is 13.3 Å². The van der Waals surface area contributed by atoms with Crippen LogP contribution < -0.4 is 5.32 Å². The lowest BCUT2D eigenvalue weighted by molar-refractivity contribution is -0.131. The molecule has 6 heteroatoms. The Balaban J connectivity index is 1.62. The molecule has 0 aliphatic carbocycles. The largest absolute Gasteiger partial charge is 0.497 e. The quantitative estimate of drug-likeness (QED) is 0.542. The van der Waals surface area contributed by atoms with E-state index in [4.69, 9.17) is 4.74 Å². The normalized spacial score (nSPS) is 22.2. The van der Waals surface area contributed by atoms with Gasteiger partial charge in [-0.1, -0.05) is 30.4 Å². The summed E-state index contributed by atoms with van der Waals surface area (Å²) in [5, 5.41) is 3.61. The molecule has 1 amide bonds. The Labute approximate surface area is 190 Å². The van der Waals surface area contributed by atoms with Crippen LogP contribution in [-0.4, -0.2) is 48.3 Å². The number of aliphatic imine (C=N–C) groups is 1. The summed E-state index contributed by atoms with van der Waals surface area (Å²) in [5.41, 5.74) is 0.941. The molecule has 0 saturated carbocycles. The molecule has 0 aromatic carbocycles. The van der Waals surface area contributed by atoms with Gasteiger partial charge in [0.05, 0.1) is 12.6 Å². The minimum Gasteiger partial charge on any atom is -0.497 e. The van der Waals surface area contributed by atoms with Crippen molar-refractivity contribution in [3.05, 3.63) is 90.7 Å². The molecule has 0 atom stereocenters. The SMILES string of the molecule is C/C=C/C=C\C=C/C=NCC(=O)N1CCC2(CC1)N/C=C/C(OC)=C\C=C\n1cccc12. The van der Waals surface area contributed by atoms with Crippen LogP contribution in [0, 0.1) is 0 Å². The van der Waals surface area contributed by atoms with Crippen LogP contribution in [0.2, 0.25) is 0 Å². The van der Waals surface area contributed by atoms with E-state index in [1.165, 1.54) is 5.69 Å². The monoisotopic (exact) mass is 432 g/mol. The van der Waals surface area contributed by atoms with Crippen LogP contribution in [0.4, 0.5) is 0 Å². The fourth-order valence-electron chi connectivity index (χ4n) is 3.89. The van der Waals surface area contributed by atoms with Gasteiger partial charge in [-0.3, -0.25) is 9.79 Å². The zero-order valence-corrected chi connectivity index (χ0v) is 18.9. The van der Waals surface area contributed by atoms with E-state index >= 15 is 0 Å². The lowest BCUT2D eigenvalue weighted by Crippen LogP contribution is -2.52. The van der Waals surface area contributed by atoms with Crippen LogP contribution in [0.5, 0.6) is 0 Å². The maximum atomic E-state index is 12.6. The Morgan fingerprint density at radius 1 is 1.22 bits per heavy atom. The van der Waals surface area contributed by atoms with Crippen molar-refractivity contribution in [3.8, 4) is 0 Å². The van der Waals surface area contributed by atoms with Gasteiger partial charge in [0.2, 0.25) is 5.91 Å². The highest BCUT2D eigenvalue weighted by Crippen LogP contribution is 2.34. The number of likely N-dealkylation sites (tertiary alicyclic amines) is 1. The number of piperidine rings is 1. The van der Waals surface area contributed by atoms with Crippen molar-refractivity contribution in [2.75, 3.05) is 26.7 Å². The van der Waals surface area contributed by atoms with Crippen molar-refractivity contribution in [2.45, 2.75) is 25.3 Å². The number of carbonyl (C=O) groups excluding carboxylic acids is 1. The van der Waals surface area contributed by atoms with Crippen LogP contribution in [0.3, 0.4) is 0 Å². The Morgan fingerprint density at radius 3 is 2.78 bits per heavy atom. The molecule has 3 heterocycles. The smallest absolute Gasteiger partial charge is 0.244 e. The number of rotatable bonds is 6. The number of hydrogen-bond donors (Lipinski definition) is 1. The standard InChI is InChI=1S/C26H32N4O2/c1-3-4-5-6-7-8-16-27-22-25(31)30-20-14-26(15-21-30)24-12-10-19-29(24)18-9-11-23(32-2)13-17-28-26/h3-13,16-19,28H,14-15,20-22H2,1-2H3/b4-3+,6-5-,8-7-,17-13+,18-9+,23-11+,27-16?. The van der Waals surface area contributed by atoms with Gasteiger partial charge in [0, 0.05) is 43.6 Å². The van der Waals surface area contributed by atoms with E-state index in [-0.39, 0.29) is 18.0 Å². The average Bonchev–Trinajstić information content (AvgIpc) is 3.29. The number of nitrogens with one attached hydrogen (secondary N) is 1. The number of fused-ring (bicyclic) bond motifs is 2. The van der Waals surface area contributed by atoms with Crippen LogP contribution >= 0.6 is 0 Å². The molecule has 2 aliphatic heterocycles. The number of allylic oxidation sites excluding steroid dienone is 9. The lowest BCUT2D eigenvalue weighted by Gasteiger charge is -2.42. The summed E-state index contributed by atoms with van der Waals surface area (Å²) in [7, 11) is 1.66. The van der Waals surface area contributed by atoms with Gasteiger partial charge in [-0.15, -0.1) is 0 Å². The van der Waals surface area contributed by atoms with Crippen LogP contribution in [-0.2, 0) is 15.1 Å². The number of carbonyl (C=O) groups is 1. The number of methoxy groups -OCH3 is 1. The van der Waals surface area contributed by atoms with E-state index in [0.29, 0.717) is 13.1 Å². The first-order valence-corrected chi connectivity index (χ1v) is 10.9. The predicted molar refractivity (Wildman–Crippen MR) is 131 cm³/mol. The first-order valence-electron chi connectivity index (χ1n) is 10.9. The fourth-order valence-corrected chi connectivity index (χ4v) is 3.89. The number of aromatic nitrogens is 1. The van der Waals surface area contributed by atoms with E-state index < -0.39 is 0 Å². The molecule has 1 N–H and O–H groups in total. The molecule has 0 unspecified atom stereocenters. The molecule has 0 bridgehead atoms. The van der Waals surface area contributed by atoms with Crippen molar-refractivity contribution in [3.63, 3.8) is 0 Å². The number of ether oxygens (including phenoxy) is 1. The molecule has 168 valence electrons. The summed E-state index contributed by atoms with van der Waals surface area (Å²) in [6.45, 7) is 3.50. The molecule has 1 saturated heterocycles. The second-order valence-electron chi connectivity index (χ2n) is 7.64. The molecule has 1 aromatic heterocycles. The summed E-state index contributed by atoms with van der Waals surface area (Å²) in [5.74, 6) is 0.834. The first-order chi connectivity index (χ1) is 15.7. The Morgan fingerprint density at radius 2 is 2.00 bits per heavy atom. The van der Waals surface area contributed by atoms with Crippen molar-refractivity contribution in [1.82, 2.24) is 14.8 Å². The van der Waals surface area contributed by atoms with Gasteiger partial charge < -0.3 is 19.5 Å². The Bertz CT molecular complexity index is 968. The summed E-state index contributed by atoms with van der Waals surface area (Å²) >= 11 is 0. The first kappa shape index (κ1) is 23.1. The number of amides is 1. The topological polar surface area (TPSA) is 58.9 Å². The van der Waals surface area contributed by atoms with Gasteiger partial charge in [0.15, 0.2) is 0 Å². The van der Waals surface area contributed by atoms with Crippen LogP contribution in [0.1, 0.15) is 25.5 Å². The van der Waals surface area contributed by atoms with Gasteiger partial charge >= 0.3 is 0 Å². The Kier molecular flexibility index (Phi) is 8.49. The number of hydrogen-bond acceptors (Lipinski definition) is 4. The second kappa shape index (κ2) is 11.7. The fraction of sp³-hybridized carbons (Fsp3) is 0.308. The summed E-state index contributed by atoms with van der Waals surface area (Å²) in [6.07, 6.45) is 26.7. The molecule has 2 aliphatic rings. The van der Waals surface area contributed by atoms with E-state index in [0.717, 1.165) is 18.6 Å². The summed E-state index contributed by atoms with van der Waals surface area (Å²) < 4.78 is 7.53. The third kappa shape index (κ3) is 6.00. The van der Waals surface area contributed by atoms with Gasteiger partial charge in [-0.05, 0) is 56.2 Å². The molecule has 1 fully saturated rings. The Hall–Kier alpha value is -3.54. The average molecular weight is 433 g/mol. The molecule has 6 nitrogen and oxygen atoms in total. The highest BCUT2D eigenvalue weighted by Gasteiger charge is 2.38. The summed E-state index contributed by atoms with van der Waals surface area (Å²) in [4.78, 5) is 18.8. The molecule has 0 radical (unpaired) electrons. The van der Waals surface area contributed by atoms with Crippen molar-refractivity contribution in [2.24, 2.45) is 4.99 Å². The number of nitrogens with zero attached hydrogens (tertiary/aromatic N) is 3. The van der Waals surface area contributed by atoms with Gasteiger partial charge in [0.25, 0.3) is 0 Å². The zero-order chi connectivity index (χ0) is 22.7. The maximum absolute atomic E-state index is 12.6. The van der Waals surface area contributed by atoms with Crippen molar-refractivity contribution < 1.29 is 9.53 Å². The van der Waals surface area contributed by atoms with Gasteiger partial charge in [0.1, 0.15) is 12.3 Å². The van der Waals surface area contributed by atoms with Gasteiger partial charge in [-0.25, -0.2) is 0 Å². The minimum absolute atomic E-state index is 0.0595. The summed E-state index contributed by atoms with van der Waals surface area (Å²) in [6, 6.07) is 4.20. The molecule has 1 aromatic rings. The van der Waals surface area contributed by atoms with Gasteiger partial charge in [-0.2, -0.15) is 0 Å². The zero-order valence-electron chi connectivity index (χ0n) is 18.9. The minimum atomic E-state index is -0.247. The predicted octanol–water partition coefficient (Wildman–Crippen LogP) is 4.18. The highest BCUT2D eigenvalue weighted by atomic mass is 16.5. The van der Waals surface area contributed by atoms with Crippen molar-refractivity contribution in [1.29, 1.82) is 0 Å². The maximum Gasteiger partial charge on any atom is 0.244 e. The molecular formula is C26H32N4O2. The van der Waals surface area contributed by atoms with Crippen molar-refractivity contribution >= 4 is 18.3 Å². The lowest BCUT2D eigenvalue weighted by atomic mass is 9.84. The molecular weight excluding hydrogens is 400 g/mol.